The SMILES string of the molecule is C=CCCC(NC(=O)c1nn(-c2ccccc2F)c2c1CCC2)C(=O)O. The van der Waals surface area contributed by atoms with Gasteiger partial charge < -0.3 is 10.4 Å². The lowest BCUT2D eigenvalue weighted by molar-refractivity contribution is -0.139. The number of para-hydroxylation sites is 1. The van der Waals surface area contributed by atoms with Crippen molar-refractivity contribution >= 4 is 11.9 Å². The molecular weight excluding hydrogens is 337 g/mol. The maximum Gasteiger partial charge on any atom is 0.326 e. The quantitative estimate of drug-likeness (QED) is 0.746. The fourth-order valence-corrected chi connectivity index (χ4v) is 3.21. The Kier molecular flexibility index (Phi) is 5.16. The number of nitrogens with one attached hydrogen (secondary N) is 1. The third kappa shape index (κ3) is 3.37. The number of aliphatic carboxylic acids is 1. The summed E-state index contributed by atoms with van der Waals surface area (Å²) in [6.07, 6.45) is 4.53. The van der Waals surface area contributed by atoms with Gasteiger partial charge in [-0.05, 0) is 44.2 Å². The molecule has 1 amide bonds. The number of benzene rings is 1. The highest BCUT2D eigenvalue weighted by Crippen LogP contribution is 2.28. The minimum Gasteiger partial charge on any atom is -0.480 e. The summed E-state index contributed by atoms with van der Waals surface area (Å²) < 4.78 is 15.6. The lowest BCUT2D eigenvalue weighted by atomic mass is 10.1. The van der Waals surface area contributed by atoms with Crippen LogP contribution in [0.25, 0.3) is 5.69 Å². The number of hydrogen-bond donors (Lipinski definition) is 2. The first-order chi connectivity index (χ1) is 12.5. The zero-order valence-corrected chi connectivity index (χ0v) is 14.2. The van der Waals surface area contributed by atoms with Crippen molar-refractivity contribution in [3.8, 4) is 5.69 Å². The molecule has 1 aromatic heterocycles. The van der Waals surface area contributed by atoms with Gasteiger partial charge in [0.25, 0.3) is 5.91 Å². The van der Waals surface area contributed by atoms with Crippen LogP contribution < -0.4 is 5.32 Å². The molecule has 26 heavy (non-hydrogen) atoms. The molecule has 1 atom stereocenters. The van der Waals surface area contributed by atoms with Gasteiger partial charge in [0, 0.05) is 11.3 Å². The molecule has 0 fully saturated rings. The van der Waals surface area contributed by atoms with Crippen LogP contribution in [0.4, 0.5) is 4.39 Å². The van der Waals surface area contributed by atoms with Crippen LogP contribution in [-0.2, 0) is 17.6 Å². The molecule has 2 aromatic rings. The van der Waals surface area contributed by atoms with Crippen molar-refractivity contribution in [1.82, 2.24) is 15.1 Å². The smallest absolute Gasteiger partial charge is 0.326 e. The first-order valence-electron chi connectivity index (χ1n) is 8.53. The number of aromatic nitrogens is 2. The summed E-state index contributed by atoms with van der Waals surface area (Å²) in [5.41, 5.74) is 2.02. The van der Waals surface area contributed by atoms with E-state index in [4.69, 9.17) is 0 Å². The largest absolute Gasteiger partial charge is 0.480 e. The molecule has 1 aliphatic rings. The van der Waals surface area contributed by atoms with Gasteiger partial charge in [-0.1, -0.05) is 18.2 Å². The molecule has 1 heterocycles. The van der Waals surface area contributed by atoms with E-state index >= 15 is 0 Å². The Morgan fingerprint density at radius 3 is 2.85 bits per heavy atom. The van der Waals surface area contributed by atoms with Gasteiger partial charge in [0.1, 0.15) is 17.5 Å². The minimum atomic E-state index is -1.11. The zero-order chi connectivity index (χ0) is 18.7. The number of allylic oxidation sites excluding steroid dienone is 1. The summed E-state index contributed by atoms with van der Waals surface area (Å²) in [4.78, 5) is 24.0. The second-order valence-corrected chi connectivity index (χ2v) is 6.22. The van der Waals surface area contributed by atoms with Gasteiger partial charge in [-0.25, -0.2) is 13.9 Å². The lowest BCUT2D eigenvalue weighted by Gasteiger charge is -2.13. The summed E-state index contributed by atoms with van der Waals surface area (Å²) in [6.45, 7) is 3.56. The van der Waals surface area contributed by atoms with Gasteiger partial charge in [0.2, 0.25) is 0 Å². The van der Waals surface area contributed by atoms with Crippen molar-refractivity contribution in [3.05, 3.63) is 59.7 Å². The maximum atomic E-state index is 14.2. The number of carbonyl (C=O) groups excluding carboxylic acids is 1. The van der Waals surface area contributed by atoms with Gasteiger partial charge in [0.15, 0.2) is 5.69 Å². The Bertz CT molecular complexity index is 860. The first-order valence-corrected chi connectivity index (χ1v) is 8.53. The average molecular weight is 357 g/mol. The number of nitrogens with zero attached hydrogens (tertiary/aromatic N) is 2. The molecule has 3 rings (SSSR count). The van der Waals surface area contributed by atoms with E-state index in [9.17, 15) is 19.1 Å². The summed E-state index contributed by atoms with van der Waals surface area (Å²) in [6, 6.07) is 5.22. The van der Waals surface area contributed by atoms with E-state index in [0.29, 0.717) is 19.3 Å². The Labute approximate surface area is 150 Å². The number of halogens is 1. The topological polar surface area (TPSA) is 84.2 Å². The molecule has 7 heteroatoms. The number of amides is 1. The highest BCUT2D eigenvalue weighted by Gasteiger charge is 2.29. The van der Waals surface area contributed by atoms with Crippen LogP contribution >= 0.6 is 0 Å². The first kappa shape index (κ1) is 17.8. The molecule has 1 unspecified atom stereocenters. The number of carbonyl (C=O) groups is 2. The van der Waals surface area contributed by atoms with Crippen LogP contribution in [0.2, 0.25) is 0 Å². The van der Waals surface area contributed by atoms with Crippen molar-refractivity contribution in [2.45, 2.75) is 38.1 Å². The number of hydrogen-bond acceptors (Lipinski definition) is 3. The Hall–Kier alpha value is -2.96. The fraction of sp³-hybridized carbons (Fsp3) is 0.316. The van der Waals surface area contributed by atoms with Gasteiger partial charge in [-0.2, -0.15) is 5.10 Å². The van der Waals surface area contributed by atoms with E-state index < -0.39 is 23.7 Å². The molecule has 1 aliphatic carbocycles. The Morgan fingerprint density at radius 1 is 1.38 bits per heavy atom. The zero-order valence-electron chi connectivity index (χ0n) is 14.2. The third-order valence-electron chi connectivity index (χ3n) is 4.49. The minimum absolute atomic E-state index is 0.172. The number of carboxylic acid groups (broad SMARTS) is 1. The molecule has 0 bridgehead atoms. The molecule has 0 aliphatic heterocycles. The number of rotatable bonds is 7. The number of carboxylic acids is 1. The highest BCUT2D eigenvalue weighted by atomic mass is 19.1. The monoisotopic (exact) mass is 357 g/mol. The van der Waals surface area contributed by atoms with Crippen LogP contribution in [0.3, 0.4) is 0 Å². The van der Waals surface area contributed by atoms with Crippen LogP contribution in [0.15, 0.2) is 36.9 Å². The van der Waals surface area contributed by atoms with E-state index in [1.807, 2.05) is 0 Å². The maximum absolute atomic E-state index is 14.2. The van der Waals surface area contributed by atoms with Crippen molar-refractivity contribution in [1.29, 1.82) is 0 Å². The summed E-state index contributed by atoms with van der Waals surface area (Å²) in [7, 11) is 0. The van der Waals surface area contributed by atoms with E-state index in [2.05, 4.69) is 17.0 Å². The van der Waals surface area contributed by atoms with Crippen LogP contribution in [0, 0.1) is 5.82 Å². The van der Waals surface area contributed by atoms with Crippen molar-refractivity contribution < 1.29 is 19.1 Å². The predicted molar refractivity (Wildman–Crippen MR) is 93.9 cm³/mol. The second-order valence-electron chi connectivity index (χ2n) is 6.22. The van der Waals surface area contributed by atoms with Crippen molar-refractivity contribution in [2.24, 2.45) is 0 Å². The molecule has 0 saturated carbocycles. The summed E-state index contributed by atoms with van der Waals surface area (Å²) >= 11 is 0. The molecule has 1 aromatic carbocycles. The summed E-state index contributed by atoms with van der Waals surface area (Å²) in [5.74, 6) is -2.08. The van der Waals surface area contributed by atoms with E-state index in [-0.39, 0.29) is 17.8 Å². The molecule has 0 saturated heterocycles. The standard InChI is InChI=1S/C19H20FN3O3/c1-2-3-9-14(19(25)26)21-18(24)17-12-7-6-11-15(12)23(22-17)16-10-5-4-8-13(16)20/h2,4-5,8,10,14H,1,3,6-7,9,11H2,(H,21,24)(H,25,26). The van der Waals surface area contributed by atoms with Gasteiger partial charge in [-0.3, -0.25) is 4.79 Å². The van der Waals surface area contributed by atoms with Crippen LogP contribution in [-0.4, -0.2) is 32.8 Å². The van der Waals surface area contributed by atoms with Gasteiger partial charge in [-0.15, -0.1) is 6.58 Å². The molecule has 0 spiro atoms. The third-order valence-corrected chi connectivity index (χ3v) is 4.49. The van der Waals surface area contributed by atoms with Crippen molar-refractivity contribution in [2.75, 3.05) is 0 Å². The second kappa shape index (κ2) is 7.51. The Morgan fingerprint density at radius 2 is 2.15 bits per heavy atom. The highest BCUT2D eigenvalue weighted by molar-refractivity contribution is 5.96. The van der Waals surface area contributed by atoms with Crippen LogP contribution in [0.5, 0.6) is 0 Å². The van der Waals surface area contributed by atoms with Gasteiger partial charge in [0.05, 0.1) is 0 Å². The predicted octanol–water partition coefficient (Wildman–Crippen LogP) is 2.65. The molecule has 6 nitrogen and oxygen atoms in total. The van der Waals surface area contributed by atoms with Gasteiger partial charge >= 0.3 is 5.97 Å². The normalized spacial score (nSPS) is 13.9. The van der Waals surface area contributed by atoms with Crippen molar-refractivity contribution in [3.63, 3.8) is 0 Å². The van der Waals surface area contributed by atoms with E-state index in [1.165, 1.54) is 10.7 Å². The van der Waals surface area contributed by atoms with E-state index in [1.54, 1.807) is 24.3 Å². The van der Waals surface area contributed by atoms with E-state index in [0.717, 1.165) is 17.7 Å². The average Bonchev–Trinajstić information content (AvgIpc) is 3.21. The molecule has 136 valence electrons. The summed E-state index contributed by atoms with van der Waals surface area (Å²) in [5, 5.41) is 16.1. The lowest BCUT2D eigenvalue weighted by Crippen LogP contribution is -2.41. The van der Waals surface area contributed by atoms with Crippen LogP contribution in [0.1, 0.15) is 41.0 Å². The number of fused-ring (bicyclic) bond motifs is 1. The Balaban J connectivity index is 1.92. The fourth-order valence-electron chi connectivity index (χ4n) is 3.21. The molecule has 2 N–H and O–H groups in total. The molecule has 0 radical (unpaired) electrons. The molecular formula is C19H20FN3O3.